The number of aromatic nitrogens is 2. The molecule has 0 radical (unpaired) electrons. The summed E-state index contributed by atoms with van der Waals surface area (Å²) in [5.74, 6) is -0.378. The van der Waals surface area contributed by atoms with Crippen molar-refractivity contribution < 1.29 is 13.9 Å². The third-order valence-corrected chi connectivity index (χ3v) is 4.36. The second-order valence-corrected chi connectivity index (χ2v) is 6.05. The Hall–Kier alpha value is -1.73. The summed E-state index contributed by atoms with van der Waals surface area (Å²) in [6, 6.07) is 1.22. The van der Waals surface area contributed by atoms with Gasteiger partial charge in [-0.05, 0) is 12.8 Å². The second kappa shape index (κ2) is 5.57. The fraction of sp³-hybridized carbons (Fsp3) is 0.308. The van der Waals surface area contributed by atoms with E-state index in [1.165, 1.54) is 23.6 Å². The van der Waals surface area contributed by atoms with Gasteiger partial charge >= 0.3 is 6.09 Å². The van der Waals surface area contributed by atoms with E-state index in [-0.39, 0.29) is 5.92 Å². The van der Waals surface area contributed by atoms with E-state index < -0.39 is 18.1 Å². The lowest BCUT2D eigenvalue weighted by Gasteiger charge is -2.12. The molecule has 0 aliphatic heterocycles. The molecule has 2 heterocycles. The second-order valence-electron chi connectivity index (χ2n) is 4.75. The molecule has 2 N–H and O–H groups in total. The number of pyridine rings is 1. The Labute approximate surface area is 128 Å². The van der Waals surface area contributed by atoms with Crippen LogP contribution in [0.15, 0.2) is 17.6 Å². The molecular formula is C13H11ClFN3O2S. The third-order valence-electron chi connectivity index (χ3n) is 3.16. The maximum atomic E-state index is 13.2. The molecule has 1 saturated carbocycles. The van der Waals surface area contributed by atoms with E-state index in [9.17, 15) is 9.18 Å². The quantitative estimate of drug-likeness (QED) is 0.871. The Morgan fingerprint density at radius 2 is 2.33 bits per heavy atom. The number of primary amides is 1. The lowest BCUT2D eigenvalue weighted by Crippen LogP contribution is -2.18. The Kier molecular flexibility index (Phi) is 3.77. The van der Waals surface area contributed by atoms with Crippen molar-refractivity contribution in [3.05, 3.63) is 33.6 Å². The van der Waals surface area contributed by atoms with Crippen LogP contribution in [0, 0.1) is 11.9 Å². The lowest BCUT2D eigenvalue weighted by molar-refractivity contribution is 0.0933. The fourth-order valence-electron chi connectivity index (χ4n) is 2.02. The van der Waals surface area contributed by atoms with E-state index in [1.54, 1.807) is 5.38 Å². The molecule has 5 nitrogen and oxygen atoms in total. The zero-order valence-corrected chi connectivity index (χ0v) is 12.3. The number of ether oxygens (including phenoxy) is 1. The van der Waals surface area contributed by atoms with Crippen LogP contribution < -0.4 is 5.73 Å². The van der Waals surface area contributed by atoms with Gasteiger partial charge in [0.25, 0.3) is 0 Å². The topological polar surface area (TPSA) is 78.1 Å². The molecule has 0 bridgehead atoms. The summed E-state index contributed by atoms with van der Waals surface area (Å²) in [6.45, 7) is 0. The highest BCUT2D eigenvalue weighted by atomic mass is 35.5. The molecule has 2 aromatic heterocycles. The zero-order valence-electron chi connectivity index (χ0n) is 10.8. The van der Waals surface area contributed by atoms with E-state index in [0.717, 1.165) is 12.8 Å². The summed E-state index contributed by atoms with van der Waals surface area (Å²) in [6.07, 6.45) is 1.92. The average Bonchev–Trinajstić information content (AvgIpc) is 3.16. The third kappa shape index (κ3) is 3.14. The van der Waals surface area contributed by atoms with Gasteiger partial charge in [0.15, 0.2) is 6.10 Å². The minimum Gasteiger partial charge on any atom is -0.439 e. The van der Waals surface area contributed by atoms with Gasteiger partial charge in [-0.25, -0.2) is 14.8 Å². The van der Waals surface area contributed by atoms with Crippen LogP contribution in [0.4, 0.5) is 9.18 Å². The highest BCUT2D eigenvalue weighted by Gasteiger charge is 2.37. The van der Waals surface area contributed by atoms with Crippen molar-refractivity contribution >= 4 is 29.0 Å². The van der Waals surface area contributed by atoms with E-state index in [1.807, 2.05) is 0 Å². The molecule has 2 aromatic rings. The molecule has 1 atom stereocenters. The predicted molar refractivity (Wildman–Crippen MR) is 76.4 cm³/mol. The van der Waals surface area contributed by atoms with Crippen LogP contribution >= 0.6 is 22.9 Å². The molecule has 110 valence electrons. The van der Waals surface area contributed by atoms with Crippen LogP contribution in [0.25, 0.3) is 11.3 Å². The number of halogens is 2. The Balaban J connectivity index is 1.91. The largest absolute Gasteiger partial charge is 0.439 e. The van der Waals surface area contributed by atoms with E-state index in [4.69, 9.17) is 22.1 Å². The molecule has 8 heteroatoms. The molecule has 1 amide bonds. The smallest absolute Gasteiger partial charge is 0.405 e. The van der Waals surface area contributed by atoms with Gasteiger partial charge in [-0.2, -0.15) is 4.39 Å². The average molecular weight is 328 g/mol. The van der Waals surface area contributed by atoms with Crippen LogP contribution in [-0.2, 0) is 4.74 Å². The number of hydrogen-bond donors (Lipinski definition) is 1. The van der Waals surface area contributed by atoms with Crippen LogP contribution in [-0.4, -0.2) is 16.1 Å². The molecule has 0 saturated heterocycles. The Bertz CT molecular complexity index is 690. The molecule has 0 aromatic carbocycles. The number of amides is 1. The van der Waals surface area contributed by atoms with Crippen LogP contribution in [0.5, 0.6) is 0 Å². The van der Waals surface area contributed by atoms with Crippen molar-refractivity contribution in [2.45, 2.75) is 18.9 Å². The van der Waals surface area contributed by atoms with Gasteiger partial charge in [0.2, 0.25) is 5.95 Å². The minimum absolute atomic E-state index is 0.251. The predicted octanol–water partition coefficient (Wildman–Crippen LogP) is 3.54. The first-order valence-corrected chi connectivity index (χ1v) is 7.53. The Morgan fingerprint density at radius 3 is 3.00 bits per heavy atom. The van der Waals surface area contributed by atoms with Crippen molar-refractivity contribution in [1.29, 1.82) is 0 Å². The van der Waals surface area contributed by atoms with Crippen molar-refractivity contribution in [2.24, 2.45) is 11.7 Å². The zero-order chi connectivity index (χ0) is 15.0. The van der Waals surface area contributed by atoms with Crippen molar-refractivity contribution in [1.82, 2.24) is 9.97 Å². The monoisotopic (exact) mass is 327 g/mol. The number of carbonyl (C=O) groups is 1. The number of rotatable bonds is 4. The van der Waals surface area contributed by atoms with Crippen molar-refractivity contribution in [3.63, 3.8) is 0 Å². The maximum absolute atomic E-state index is 13.2. The van der Waals surface area contributed by atoms with Crippen LogP contribution in [0.3, 0.4) is 0 Å². The molecule has 0 spiro atoms. The normalized spacial score (nSPS) is 15.7. The van der Waals surface area contributed by atoms with Gasteiger partial charge in [0.05, 0.1) is 10.7 Å². The first-order chi connectivity index (χ1) is 10.0. The number of nitrogens with two attached hydrogens (primary N) is 1. The maximum Gasteiger partial charge on any atom is 0.405 e. The van der Waals surface area contributed by atoms with Crippen LogP contribution in [0.2, 0.25) is 5.02 Å². The summed E-state index contributed by atoms with van der Waals surface area (Å²) < 4.78 is 18.4. The highest BCUT2D eigenvalue weighted by molar-refractivity contribution is 7.10. The van der Waals surface area contributed by atoms with Gasteiger partial charge in [-0.15, -0.1) is 11.3 Å². The molecule has 1 aliphatic rings. The van der Waals surface area contributed by atoms with Gasteiger partial charge in [0.1, 0.15) is 5.01 Å². The summed E-state index contributed by atoms with van der Waals surface area (Å²) in [5.41, 5.74) is 6.08. The summed E-state index contributed by atoms with van der Waals surface area (Å²) in [7, 11) is 0. The van der Waals surface area contributed by atoms with Crippen molar-refractivity contribution in [3.8, 4) is 11.3 Å². The number of thiazole rings is 1. The summed E-state index contributed by atoms with van der Waals surface area (Å²) in [5, 5.41) is 2.70. The summed E-state index contributed by atoms with van der Waals surface area (Å²) >= 11 is 7.34. The number of carbonyl (C=O) groups excluding carboxylic acids is 1. The van der Waals surface area contributed by atoms with Crippen LogP contribution in [0.1, 0.15) is 24.0 Å². The van der Waals surface area contributed by atoms with E-state index in [2.05, 4.69) is 9.97 Å². The molecule has 1 aliphatic carbocycles. The van der Waals surface area contributed by atoms with Gasteiger partial charge < -0.3 is 10.5 Å². The standard InChI is InChI=1S/C13H11ClFN3O2S/c14-8-4-17-10(15)3-7(8)9-5-21-12(18-9)11(6-1-2-6)20-13(16)19/h3-6,11H,1-2H2,(H2,16,19). The number of nitrogens with zero attached hydrogens (tertiary/aromatic N) is 2. The number of hydrogen-bond acceptors (Lipinski definition) is 5. The van der Waals surface area contributed by atoms with E-state index in [0.29, 0.717) is 21.3 Å². The molecular weight excluding hydrogens is 317 g/mol. The van der Waals surface area contributed by atoms with Gasteiger partial charge in [-0.3, -0.25) is 0 Å². The molecule has 21 heavy (non-hydrogen) atoms. The molecule has 1 unspecified atom stereocenters. The first kappa shape index (κ1) is 14.2. The lowest BCUT2D eigenvalue weighted by atomic mass is 10.2. The van der Waals surface area contributed by atoms with Gasteiger partial charge in [-0.1, -0.05) is 11.6 Å². The van der Waals surface area contributed by atoms with E-state index >= 15 is 0 Å². The van der Waals surface area contributed by atoms with Crippen molar-refractivity contribution in [2.75, 3.05) is 0 Å². The minimum atomic E-state index is -0.823. The SMILES string of the molecule is NC(=O)OC(c1nc(-c2cc(F)ncc2Cl)cs1)C1CC1. The first-order valence-electron chi connectivity index (χ1n) is 6.27. The summed E-state index contributed by atoms with van der Waals surface area (Å²) in [4.78, 5) is 18.9. The van der Waals surface area contributed by atoms with Gasteiger partial charge in [0, 0.05) is 29.1 Å². The molecule has 1 fully saturated rings. The molecule has 3 rings (SSSR count). The fourth-order valence-corrected chi connectivity index (χ4v) is 3.16. The Morgan fingerprint density at radius 1 is 1.57 bits per heavy atom. The highest BCUT2D eigenvalue weighted by Crippen LogP contribution is 2.45.